The summed E-state index contributed by atoms with van der Waals surface area (Å²) in [6, 6.07) is 3.66. The summed E-state index contributed by atoms with van der Waals surface area (Å²) in [5.41, 5.74) is 0.124. The van der Waals surface area contributed by atoms with Crippen molar-refractivity contribution < 1.29 is 32.2 Å². The lowest BCUT2D eigenvalue weighted by atomic mass is 10.1. The molecule has 11 heteroatoms. The van der Waals surface area contributed by atoms with Gasteiger partial charge in [-0.15, -0.1) is 0 Å². The molecule has 8 nitrogen and oxygen atoms in total. The van der Waals surface area contributed by atoms with Crippen LogP contribution in [0.25, 0.3) is 11.6 Å². The lowest BCUT2D eigenvalue weighted by Crippen LogP contribution is -2.40. The Bertz CT molecular complexity index is 1230. The summed E-state index contributed by atoms with van der Waals surface area (Å²) in [5, 5.41) is 2.66. The Labute approximate surface area is 220 Å². The minimum atomic E-state index is -4.59. The summed E-state index contributed by atoms with van der Waals surface area (Å²) in [7, 11) is 0. The van der Waals surface area contributed by atoms with E-state index in [0.717, 1.165) is 17.7 Å². The molecule has 2 aromatic rings. The van der Waals surface area contributed by atoms with E-state index in [-0.39, 0.29) is 31.3 Å². The summed E-state index contributed by atoms with van der Waals surface area (Å²) < 4.78 is 52.7. The SMILES string of the molecule is C=Cc1nc(NC(=O)c2cccc(C(F)(F)F)c2)n(C2COCCN(C(=O)OC(C)(C)C)C2)c1C(C)=CC. The van der Waals surface area contributed by atoms with Crippen LogP contribution in [-0.4, -0.2) is 58.4 Å². The number of carbonyl (C=O) groups excluding carboxylic acids is 2. The summed E-state index contributed by atoms with van der Waals surface area (Å²) >= 11 is 0. The fourth-order valence-electron chi connectivity index (χ4n) is 4.02. The van der Waals surface area contributed by atoms with E-state index in [4.69, 9.17) is 9.47 Å². The van der Waals surface area contributed by atoms with Crippen LogP contribution >= 0.6 is 0 Å². The molecule has 1 atom stereocenters. The van der Waals surface area contributed by atoms with Gasteiger partial charge in [-0.1, -0.05) is 18.7 Å². The lowest BCUT2D eigenvalue weighted by Gasteiger charge is -2.29. The maximum absolute atomic E-state index is 13.2. The Morgan fingerprint density at radius 1 is 1.26 bits per heavy atom. The van der Waals surface area contributed by atoms with E-state index in [9.17, 15) is 22.8 Å². The highest BCUT2D eigenvalue weighted by Gasteiger charge is 2.33. The Balaban J connectivity index is 2.04. The van der Waals surface area contributed by atoms with E-state index in [1.165, 1.54) is 23.1 Å². The number of amides is 2. The Hall–Kier alpha value is -3.60. The number of allylic oxidation sites excluding steroid dienone is 2. The number of hydrogen-bond donors (Lipinski definition) is 1. The van der Waals surface area contributed by atoms with Gasteiger partial charge in [-0.05, 0) is 64.5 Å². The first-order valence-electron chi connectivity index (χ1n) is 12.2. The van der Waals surface area contributed by atoms with Crippen molar-refractivity contribution in [3.8, 4) is 0 Å². The van der Waals surface area contributed by atoms with E-state index >= 15 is 0 Å². The second-order valence-corrected chi connectivity index (χ2v) is 9.90. The van der Waals surface area contributed by atoms with Crippen molar-refractivity contribution in [3.05, 3.63) is 59.4 Å². The summed E-state index contributed by atoms with van der Waals surface area (Å²) in [5.74, 6) is -0.667. The van der Waals surface area contributed by atoms with Crippen molar-refractivity contribution in [1.29, 1.82) is 0 Å². The molecule has 1 aromatic heterocycles. The smallest absolute Gasteiger partial charge is 0.416 e. The molecule has 2 heterocycles. The second-order valence-electron chi connectivity index (χ2n) is 9.90. The molecule has 1 aliphatic rings. The predicted molar refractivity (Wildman–Crippen MR) is 139 cm³/mol. The monoisotopic (exact) mass is 534 g/mol. The molecule has 0 spiro atoms. The fraction of sp³-hybridized carbons (Fsp3) is 0.444. The van der Waals surface area contributed by atoms with Gasteiger partial charge in [0.1, 0.15) is 5.60 Å². The number of carbonyl (C=O) groups is 2. The first-order chi connectivity index (χ1) is 17.7. The molecule has 0 aliphatic carbocycles. The number of hydrogen-bond acceptors (Lipinski definition) is 5. The van der Waals surface area contributed by atoms with Crippen molar-refractivity contribution in [3.63, 3.8) is 0 Å². The van der Waals surface area contributed by atoms with Gasteiger partial charge in [-0.3, -0.25) is 10.1 Å². The Morgan fingerprint density at radius 3 is 2.58 bits per heavy atom. The number of aromatic nitrogens is 2. The standard InChI is InChI=1S/C27H33F3N4O4/c1-7-17(3)22-21(8-2)31-24(32-23(35)18-10-9-11-19(14-18)27(28,29)30)34(22)20-15-33(12-13-37-16-20)25(36)38-26(4,5)6/h7-11,14,20H,2,12-13,15-16H2,1,3-6H3,(H,31,32,35). The largest absolute Gasteiger partial charge is 0.444 e. The zero-order valence-corrected chi connectivity index (χ0v) is 22.2. The molecule has 0 radical (unpaired) electrons. The molecule has 1 N–H and O–H groups in total. The average Bonchev–Trinajstić information content (AvgIpc) is 3.02. The molecule has 206 valence electrons. The third kappa shape index (κ3) is 6.83. The van der Waals surface area contributed by atoms with Gasteiger partial charge in [0.05, 0.1) is 36.2 Å². The number of ether oxygens (including phenoxy) is 2. The van der Waals surface area contributed by atoms with Crippen LogP contribution in [0.5, 0.6) is 0 Å². The number of nitrogens with zero attached hydrogens (tertiary/aromatic N) is 3. The van der Waals surface area contributed by atoms with Gasteiger partial charge in [-0.2, -0.15) is 13.2 Å². The number of anilines is 1. The quantitative estimate of drug-likeness (QED) is 0.506. The molecule has 38 heavy (non-hydrogen) atoms. The van der Waals surface area contributed by atoms with Crippen LogP contribution in [0.3, 0.4) is 0 Å². The Morgan fingerprint density at radius 2 is 1.97 bits per heavy atom. The molecule has 0 saturated carbocycles. The molecule has 1 unspecified atom stereocenters. The average molecular weight is 535 g/mol. The number of imidazole rings is 1. The van der Waals surface area contributed by atoms with Gasteiger partial charge < -0.3 is 18.9 Å². The molecule has 0 bridgehead atoms. The first kappa shape index (κ1) is 29.0. The van der Waals surface area contributed by atoms with Crippen LogP contribution in [0, 0.1) is 0 Å². The first-order valence-corrected chi connectivity index (χ1v) is 12.2. The van der Waals surface area contributed by atoms with Gasteiger partial charge in [-0.25, -0.2) is 9.78 Å². The van der Waals surface area contributed by atoms with Crippen molar-refractivity contribution >= 4 is 29.6 Å². The highest BCUT2D eigenvalue weighted by atomic mass is 19.4. The minimum absolute atomic E-state index is 0.0955. The van der Waals surface area contributed by atoms with E-state index in [2.05, 4.69) is 16.9 Å². The Kier molecular flexibility index (Phi) is 8.71. The van der Waals surface area contributed by atoms with E-state index in [1.807, 2.05) is 19.9 Å². The third-order valence-electron chi connectivity index (χ3n) is 5.88. The van der Waals surface area contributed by atoms with Crippen molar-refractivity contribution in [2.24, 2.45) is 0 Å². The normalized spacial score (nSPS) is 17.1. The topological polar surface area (TPSA) is 85.7 Å². The second kappa shape index (κ2) is 11.4. The van der Waals surface area contributed by atoms with Gasteiger partial charge in [0.25, 0.3) is 5.91 Å². The zero-order chi connectivity index (χ0) is 28.3. The predicted octanol–water partition coefficient (Wildman–Crippen LogP) is 6.03. The van der Waals surface area contributed by atoms with Crippen molar-refractivity contribution in [1.82, 2.24) is 14.5 Å². The molecule has 2 amide bonds. The fourth-order valence-corrected chi connectivity index (χ4v) is 4.02. The van der Waals surface area contributed by atoms with Crippen LogP contribution in [0.15, 0.2) is 36.9 Å². The van der Waals surface area contributed by atoms with Gasteiger partial charge in [0.15, 0.2) is 0 Å². The van der Waals surface area contributed by atoms with Gasteiger partial charge >= 0.3 is 12.3 Å². The molecule has 1 fully saturated rings. The third-order valence-corrected chi connectivity index (χ3v) is 5.88. The van der Waals surface area contributed by atoms with Gasteiger partial charge in [0.2, 0.25) is 5.95 Å². The minimum Gasteiger partial charge on any atom is -0.444 e. The number of halogens is 3. The summed E-state index contributed by atoms with van der Waals surface area (Å²) in [6.07, 6.45) is -1.70. The maximum atomic E-state index is 13.2. The van der Waals surface area contributed by atoms with Crippen LogP contribution in [0.1, 0.15) is 68.0 Å². The van der Waals surface area contributed by atoms with E-state index < -0.39 is 35.4 Å². The number of alkyl halides is 3. The van der Waals surface area contributed by atoms with Crippen molar-refractivity contribution in [2.75, 3.05) is 31.6 Å². The van der Waals surface area contributed by atoms with Crippen LogP contribution in [-0.2, 0) is 15.7 Å². The van der Waals surface area contributed by atoms with Crippen LogP contribution < -0.4 is 5.32 Å². The van der Waals surface area contributed by atoms with Crippen LogP contribution in [0.2, 0.25) is 0 Å². The zero-order valence-electron chi connectivity index (χ0n) is 22.2. The number of benzene rings is 1. The summed E-state index contributed by atoms with van der Waals surface area (Å²) in [6.45, 7) is 13.8. The maximum Gasteiger partial charge on any atom is 0.416 e. The lowest BCUT2D eigenvalue weighted by molar-refractivity contribution is -0.137. The highest BCUT2D eigenvalue weighted by Crippen LogP contribution is 2.32. The number of rotatable bonds is 5. The molecule has 1 aliphatic heterocycles. The van der Waals surface area contributed by atoms with Gasteiger partial charge in [0, 0.05) is 18.7 Å². The molecule has 1 aromatic carbocycles. The number of nitrogens with one attached hydrogen (secondary N) is 1. The molecular formula is C27H33F3N4O4. The molecule has 1 saturated heterocycles. The summed E-state index contributed by atoms with van der Waals surface area (Å²) in [4.78, 5) is 32.0. The highest BCUT2D eigenvalue weighted by molar-refractivity contribution is 6.03. The van der Waals surface area contributed by atoms with E-state index in [0.29, 0.717) is 17.9 Å². The van der Waals surface area contributed by atoms with E-state index in [1.54, 1.807) is 25.3 Å². The van der Waals surface area contributed by atoms with Crippen LogP contribution in [0.4, 0.5) is 23.9 Å². The van der Waals surface area contributed by atoms with Crippen molar-refractivity contribution in [2.45, 2.75) is 52.4 Å². The molecular weight excluding hydrogens is 501 g/mol. The molecule has 3 rings (SSSR count).